The van der Waals surface area contributed by atoms with E-state index in [1.54, 1.807) is 0 Å². The molecule has 0 bridgehead atoms. The molecule has 2 aliphatic rings. The monoisotopic (exact) mass is 220 g/mol. The summed E-state index contributed by atoms with van der Waals surface area (Å²) in [6.07, 6.45) is 5.00. The van der Waals surface area contributed by atoms with Gasteiger partial charge in [0.1, 0.15) is 0 Å². The van der Waals surface area contributed by atoms with Crippen molar-refractivity contribution in [2.24, 2.45) is 17.3 Å². The molecule has 2 heteroatoms. The SMILES string of the molecule is CCN1CC2(CCC1C(C)C)CC(C#N)C2. The van der Waals surface area contributed by atoms with Crippen LogP contribution in [0, 0.1) is 28.6 Å². The van der Waals surface area contributed by atoms with E-state index in [1.807, 2.05) is 0 Å². The third-order valence-electron chi connectivity index (χ3n) is 4.70. The largest absolute Gasteiger partial charge is 0.300 e. The maximum atomic E-state index is 8.90. The minimum Gasteiger partial charge on any atom is -0.300 e. The van der Waals surface area contributed by atoms with Gasteiger partial charge in [-0.2, -0.15) is 5.26 Å². The van der Waals surface area contributed by atoms with E-state index in [2.05, 4.69) is 31.7 Å². The Morgan fingerprint density at radius 2 is 2.12 bits per heavy atom. The van der Waals surface area contributed by atoms with Crippen molar-refractivity contribution in [1.82, 2.24) is 4.90 Å². The normalized spacial score (nSPS) is 39.7. The fraction of sp³-hybridized carbons (Fsp3) is 0.929. The van der Waals surface area contributed by atoms with Crippen LogP contribution < -0.4 is 0 Å². The highest BCUT2D eigenvalue weighted by atomic mass is 15.2. The van der Waals surface area contributed by atoms with Crippen molar-refractivity contribution in [2.45, 2.75) is 52.5 Å². The maximum absolute atomic E-state index is 8.90. The van der Waals surface area contributed by atoms with E-state index in [9.17, 15) is 0 Å². The van der Waals surface area contributed by atoms with Gasteiger partial charge in [-0.15, -0.1) is 0 Å². The zero-order valence-corrected chi connectivity index (χ0v) is 10.9. The summed E-state index contributed by atoms with van der Waals surface area (Å²) in [4.78, 5) is 2.65. The van der Waals surface area contributed by atoms with Crippen LogP contribution in [0.25, 0.3) is 0 Å². The van der Waals surface area contributed by atoms with Crippen molar-refractivity contribution < 1.29 is 0 Å². The molecule has 1 aliphatic heterocycles. The van der Waals surface area contributed by atoms with Crippen molar-refractivity contribution in [3.63, 3.8) is 0 Å². The topological polar surface area (TPSA) is 27.0 Å². The maximum Gasteiger partial charge on any atom is 0.0656 e. The molecular weight excluding hydrogens is 196 g/mol. The van der Waals surface area contributed by atoms with Crippen LogP contribution in [0.2, 0.25) is 0 Å². The molecule has 0 amide bonds. The van der Waals surface area contributed by atoms with Crippen molar-refractivity contribution in [1.29, 1.82) is 5.26 Å². The molecule has 0 radical (unpaired) electrons. The van der Waals surface area contributed by atoms with Crippen molar-refractivity contribution in [3.8, 4) is 6.07 Å². The van der Waals surface area contributed by atoms with Crippen LogP contribution in [0.4, 0.5) is 0 Å². The molecule has 2 fully saturated rings. The Morgan fingerprint density at radius 3 is 2.62 bits per heavy atom. The minimum absolute atomic E-state index is 0.356. The number of piperidine rings is 1. The molecule has 1 atom stereocenters. The molecule has 2 nitrogen and oxygen atoms in total. The van der Waals surface area contributed by atoms with Gasteiger partial charge in [0.15, 0.2) is 0 Å². The molecule has 16 heavy (non-hydrogen) atoms. The van der Waals surface area contributed by atoms with Gasteiger partial charge in [-0.05, 0) is 43.6 Å². The Morgan fingerprint density at radius 1 is 1.44 bits per heavy atom. The predicted octanol–water partition coefficient (Wildman–Crippen LogP) is 3.05. The molecule has 1 heterocycles. The Bertz CT molecular complexity index is 284. The second-order valence-electron chi connectivity index (χ2n) is 6.15. The number of rotatable bonds is 2. The van der Waals surface area contributed by atoms with Gasteiger partial charge in [0.05, 0.1) is 6.07 Å². The summed E-state index contributed by atoms with van der Waals surface area (Å²) in [6, 6.07) is 3.20. The van der Waals surface area contributed by atoms with E-state index in [0.717, 1.165) is 24.8 Å². The van der Waals surface area contributed by atoms with Gasteiger partial charge in [0.2, 0.25) is 0 Å². The first-order valence-corrected chi connectivity index (χ1v) is 6.74. The summed E-state index contributed by atoms with van der Waals surface area (Å²) < 4.78 is 0. The van der Waals surface area contributed by atoms with E-state index in [4.69, 9.17) is 5.26 Å². The molecule has 1 unspecified atom stereocenters. The third kappa shape index (κ3) is 1.98. The highest BCUT2D eigenvalue weighted by Crippen LogP contribution is 2.52. The second kappa shape index (κ2) is 4.37. The lowest BCUT2D eigenvalue weighted by Crippen LogP contribution is -2.55. The van der Waals surface area contributed by atoms with E-state index < -0.39 is 0 Å². The van der Waals surface area contributed by atoms with Gasteiger partial charge >= 0.3 is 0 Å². The molecule has 0 aromatic rings. The number of hydrogen-bond acceptors (Lipinski definition) is 2. The van der Waals surface area contributed by atoms with Crippen LogP contribution in [-0.2, 0) is 0 Å². The quantitative estimate of drug-likeness (QED) is 0.715. The first-order chi connectivity index (χ1) is 7.60. The third-order valence-corrected chi connectivity index (χ3v) is 4.70. The molecule has 1 spiro atoms. The summed E-state index contributed by atoms with van der Waals surface area (Å²) in [5.41, 5.74) is 0.516. The molecule has 0 aromatic heterocycles. The zero-order valence-electron chi connectivity index (χ0n) is 10.9. The molecule has 1 saturated heterocycles. The lowest BCUT2D eigenvalue weighted by atomic mass is 9.58. The number of hydrogen-bond donors (Lipinski definition) is 0. The van der Waals surface area contributed by atoms with Gasteiger partial charge in [-0.1, -0.05) is 20.8 Å². The van der Waals surface area contributed by atoms with E-state index in [-0.39, 0.29) is 0 Å². The average molecular weight is 220 g/mol. The molecule has 0 N–H and O–H groups in total. The van der Waals surface area contributed by atoms with Gasteiger partial charge in [-0.3, -0.25) is 4.90 Å². The van der Waals surface area contributed by atoms with E-state index in [1.165, 1.54) is 25.9 Å². The van der Waals surface area contributed by atoms with Crippen LogP contribution in [0.3, 0.4) is 0 Å². The molecule has 2 rings (SSSR count). The highest BCUT2D eigenvalue weighted by Gasteiger charge is 2.48. The summed E-state index contributed by atoms with van der Waals surface area (Å²) in [5, 5.41) is 8.90. The average Bonchev–Trinajstić information content (AvgIpc) is 2.24. The van der Waals surface area contributed by atoms with Crippen molar-refractivity contribution in [2.75, 3.05) is 13.1 Å². The first kappa shape index (κ1) is 11.9. The fourth-order valence-corrected chi connectivity index (χ4v) is 3.78. The van der Waals surface area contributed by atoms with Gasteiger partial charge in [-0.25, -0.2) is 0 Å². The Kier molecular flexibility index (Phi) is 3.26. The number of nitriles is 1. The molecule has 1 aliphatic carbocycles. The minimum atomic E-state index is 0.356. The van der Waals surface area contributed by atoms with Crippen LogP contribution in [0.5, 0.6) is 0 Å². The van der Waals surface area contributed by atoms with Gasteiger partial charge < -0.3 is 0 Å². The molecule has 1 saturated carbocycles. The van der Waals surface area contributed by atoms with Crippen molar-refractivity contribution >= 4 is 0 Å². The summed E-state index contributed by atoms with van der Waals surface area (Å²) in [5.74, 6) is 1.12. The van der Waals surface area contributed by atoms with Crippen molar-refractivity contribution in [3.05, 3.63) is 0 Å². The first-order valence-electron chi connectivity index (χ1n) is 6.74. The Labute approximate surface area is 99.6 Å². The highest BCUT2D eigenvalue weighted by molar-refractivity contribution is 5.06. The predicted molar refractivity (Wildman–Crippen MR) is 65.9 cm³/mol. The molecule has 90 valence electrons. The fourth-order valence-electron chi connectivity index (χ4n) is 3.78. The van der Waals surface area contributed by atoms with Crippen LogP contribution >= 0.6 is 0 Å². The van der Waals surface area contributed by atoms with E-state index >= 15 is 0 Å². The molecular formula is C14H24N2. The summed E-state index contributed by atoms with van der Waals surface area (Å²) in [6.45, 7) is 9.36. The van der Waals surface area contributed by atoms with E-state index in [0.29, 0.717) is 11.3 Å². The summed E-state index contributed by atoms with van der Waals surface area (Å²) in [7, 11) is 0. The second-order valence-corrected chi connectivity index (χ2v) is 6.15. The van der Waals surface area contributed by atoms with Gasteiger partial charge in [0, 0.05) is 18.5 Å². The molecule has 0 aromatic carbocycles. The van der Waals surface area contributed by atoms with Crippen LogP contribution in [0.1, 0.15) is 46.5 Å². The van der Waals surface area contributed by atoms with Crippen LogP contribution in [0.15, 0.2) is 0 Å². The standard InChI is InChI=1S/C14H24N2/c1-4-16-10-14(7-12(8-14)9-15)6-5-13(16)11(2)3/h11-13H,4-8,10H2,1-3H3. The smallest absolute Gasteiger partial charge is 0.0656 e. The zero-order chi connectivity index (χ0) is 11.8. The van der Waals surface area contributed by atoms with Gasteiger partial charge in [0.25, 0.3) is 0 Å². The number of nitrogens with zero attached hydrogens (tertiary/aromatic N) is 2. The lowest BCUT2D eigenvalue weighted by molar-refractivity contribution is -0.0401. The Balaban J connectivity index is 1.97. The Hall–Kier alpha value is -0.550. The summed E-state index contributed by atoms with van der Waals surface area (Å²) >= 11 is 0. The lowest BCUT2D eigenvalue weighted by Gasteiger charge is -2.54. The van der Waals surface area contributed by atoms with Crippen LogP contribution in [-0.4, -0.2) is 24.0 Å². The number of likely N-dealkylation sites (tertiary alicyclic amines) is 1.